The fraction of sp³-hybridized carbons (Fsp3) is 0.733. The van der Waals surface area contributed by atoms with Gasteiger partial charge in [0.25, 0.3) is 0 Å². The normalized spacial score (nSPS) is 19.8. The number of aliphatic carboxylic acids is 1. The number of carboxylic acids is 1. The highest BCUT2D eigenvalue weighted by Crippen LogP contribution is 2.17. The van der Waals surface area contributed by atoms with Crippen LogP contribution in [0.2, 0.25) is 0 Å². The van der Waals surface area contributed by atoms with Gasteiger partial charge >= 0.3 is 5.97 Å². The number of carbonyl (C=O) groups is 8. The predicted molar refractivity (Wildman–Crippen MR) is 171 cm³/mol. The second-order valence-electron chi connectivity index (χ2n) is 12.2. The van der Waals surface area contributed by atoms with E-state index in [1.807, 2.05) is 6.92 Å². The number of carbonyl (C=O) groups excluding carboxylic acids is 7. The fourth-order valence-electron chi connectivity index (χ4n) is 4.95. The molecular weight excluding hydrogens is 650 g/mol. The van der Waals surface area contributed by atoms with Crippen LogP contribution in [0.4, 0.5) is 0 Å². The monoisotopic (exact) mass is 701 g/mol. The zero-order chi connectivity index (χ0) is 37.6. The zero-order valence-electron chi connectivity index (χ0n) is 28.4. The average molecular weight is 702 g/mol. The van der Waals surface area contributed by atoms with Gasteiger partial charge in [0.15, 0.2) is 0 Å². The molecule has 19 heteroatoms. The maximum absolute atomic E-state index is 13.2. The van der Waals surface area contributed by atoms with Gasteiger partial charge in [-0.3, -0.25) is 33.6 Å². The van der Waals surface area contributed by atoms with E-state index < -0.39 is 108 Å². The third kappa shape index (κ3) is 13.3. The Balaban J connectivity index is 3.07. The van der Waals surface area contributed by atoms with Crippen molar-refractivity contribution < 1.29 is 58.8 Å². The minimum absolute atomic E-state index is 0.206. The molecule has 19 nitrogen and oxygen atoms in total. The first-order valence-electron chi connectivity index (χ1n) is 16.1. The summed E-state index contributed by atoms with van der Waals surface area (Å²) in [7, 11) is 0. The number of nitrogens with two attached hydrogens (primary N) is 1. The van der Waals surface area contributed by atoms with Gasteiger partial charge in [0.1, 0.15) is 36.5 Å². The maximum atomic E-state index is 13.2. The number of unbranched alkanes of at least 4 members (excludes halogenated alkanes) is 1. The molecule has 6 amide bonds. The van der Waals surface area contributed by atoms with Gasteiger partial charge in [-0.15, -0.1) is 0 Å². The molecule has 0 aliphatic carbocycles. The maximum Gasteiger partial charge on any atom is 0.305 e. The van der Waals surface area contributed by atoms with E-state index in [-0.39, 0.29) is 6.54 Å². The number of aldehydes is 1. The van der Waals surface area contributed by atoms with Crippen LogP contribution in [0.1, 0.15) is 73.1 Å². The van der Waals surface area contributed by atoms with Crippen LogP contribution < -0.4 is 32.3 Å². The molecule has 1 aliphatic rings. The van der Waals surface area contributed by atoms with Gasteiger partial charge in [-0.25, -0.2) is 0 Å². The minimum atomic E-state index is -1.85. The zero-order valence-corrected chi connectivity index (χ0v) is 28.4. The quantitative estimate of drug-likeness (QED) is 0.0539. The van der Waals surface area contributed by atoms with Crippen molar-refractivity contribution in [2.75, 3.05) is 6.54 Å². The first-order valence-corrected chi connectivity index (χ1v) is 16.1. The van der Waals surface area contributed by atoms with E-state index >= 15 is 0 Å². The van der Waals surface area contributed by atoms with Crippen molar-refractivity contribution in [1.82, 2.24) is 31.5 Å². The van der Waals surface area contributed by atoms with Crippen LogP contribution in [0.5, 0.6) is 0 Å². The van der Waals surface area contributed by atoms with E-state index in [1.54, 1.807) is 0 Å². The number of nitrogens with one attached hydrogen (secondary N) is 5. The first kappa shape index (κ1) is 42.8. The van der Waals surface area contributed by atoms with Crippen LogP contribution in [0.25, 0.3) is 0 Å². The molecule has 0 bridgehead atoms. The number of aliphatic hydroxyl groups is 3. The third-order valence-electron chi connectivity index (χ3n) is 7.88. The lowest BCUT2D eigenvalue weighted by Gasteiger charge is -2.31. The smallest absolute Gasteiger partial charge is 0.305 e. The number of rotatable bonds is 20. The number of hydrogen-bond donors (Lipinski definition) is 10. The van der Waals surface area contributed by atoms with Crippen LogP contribution >= 0.6 is 0 Å². The molecule has 1 saturated heterocycles. The SMILES string of the molecule is CCCC[C@H](N)C(=O)N[C@@H](C)C(=O)N[C@@H](CC(=O)O)C(=O)N[C@H](C(=O)N[C@H](C(=O)N[C@H](C(=O)N1CCC[C@H]1C=O)[C@@H](C)O)[C@@H](C)O)[C@@H](C)O. The summed E-state index contributed by atoms with van der Waals surface area (Å²) in [6, 6.07) is -9.88. The molecule has 0 radical (unpaired) electrons. The lowest BCUT2D eigenvalue weighted by atomic mass is 10.1. The standard InChI is InChI=1S/C30H51N7O12/c1-6-7-10-19(31)26(45)32-14(2)25(44)33-20(12-21(42)43)27(46)34-22(15(3)39)28(47)35-23(16(4)40)29(48)36-24(17(5)41)30(49)37-11-8-9-18(37)13-38/h13-20,22-24,39-41H,6-12,31H2,1-5H3,(H,32,45)(H,33,44)(H,34,46)(H,35,47)(H,36,48)(H,42,43)/t14-,15+,16+,17+,18-,19-,20-,22-,23-,24-/m0/s1. The van der Waals surface area contributed by atoms with Crippen molar-refractivity contribution in [3.63, 3.8) is 0 Å². The molecule has 1 aliphatic heterocycles. The molecule has 11 N–H and O–H groups in total. The van der Waals surface area contributed by atoms with Gasteiger partial charge in [-0.05, 0) is 47.0 Å². The Labute approximate surface area is 284 Å². The first-order chi connectivity index (χ1) is 22.9. The summed E-state index contributed by atoms with van der Waals surface area (Å²) >= 11 is 0. The Bertz CT molecular complexity index is 1200. The van der Waals surface area contributed by atoms with Gasteiger partial charge in [-0.1, -0.05) is 19.8 Å². The topological polar surface area (TPSA) is 307 Å². The summed E-state index contributed by atoms with van der Waals surface area (Å²) in [5.74, 6) is -7.42. The van der Waals surface area contributed by atoms with Crippen molar-refractivity contribution in [3.05, 3.63) is 0 Å². The van der Waals surface area contributed by atoms with Gasteiger partial charge in [0, 0.05) is 6.54 Å². The molecule has 0 spiro atoms. The molecule has 10 atom stereocenters. The Hall–Kier alpha value is -4.20. The molecule has 0 aromatic carbocycles. The summed E-state index contributed by atoms with van der Waals surface area (Å²) in [5.41, 5.74) is 5.81. The summed E-state index contributed by atoms with van der Waals surface area (Å²) in [4.78, 5) is 102. The summed E-state index contributed by atoms with van der Waals surface area (Å²) in [6.45, 7) is 6.82. The summed E-state index contributed by atoms with van der Waals surface area (Å²) < 4.78 is 0. The molecule has 1 heterocycles. The summed E-state index contributed by atoms with van der Waals surface area (Å²) in [6.07, 6.45) is -2.37. The van der Waals surface area contributed by atoms with Crippen LogP contribution in [-0.2, 0) is 38.4 Å². The predicted octanol–water partition coefficient (Wildman–Crippen LogP) is -4.25. The van der Waals surface area contributed by atoms with E-state index in [0.29, 0.717) is 32.0 Å². The molecular formula is C30H51N7O12. The van der Waals surface area contributed by atoms with E-state index in [0.717, 1.165) is 20.3 Å². The Morgan fingerprint density at radius 1 is 0.776 bits per heavy atom. The van der Waals surface area contributed by atoms with Crippen LogP contribution in [-0.4, -0.2) is 140 Å². The lowest BCUT2D eigenvalue weighted by Crippen LogP contribution is -2.64. The van der Waals surface area contributed by atoms with Crippen molar-refractivity contribution in [2.24, 2.45) is 5.73 Å². The second-order valence-corrected chi connectivity index (χ2v) is 12.2. The Morgan fingerprint density at radius 2 is 1.29 bits per heavy atom. The van der Waals surface area contributed by atoms with Crippen LogP contribution in [0, 0.1) is 0 Å². The highest BCUT2D eigenvalue weighted by molar-refractivity contribution is 5.98. The van der Waals surface area contributed by atoms with E-state index in [4.69, 9.17) is 5.73 Å². The molecule has 1 rings (SSSR count). The van der Waals surface area contributed by atoms with Crippen molar-refractivity contribution in [2.45, 2.75) is 134 Å². The summed E-state index contributed by atoms with van der Waals surface area (Å²) in [5, 5.41) is 51.3. The van der Waals surface area contributed by atoms with Crippen LogP contribution in [0.3, 0.4) is 0 Å². The molecule has 1 fully saturated rings. The number of amides is 6. The van der Waals surface area contributed by atoms with Gasteiger partial charge in [0.2, 0.25) is 35.4 Å². The van der Waals surface area contributed by atoms with Crippen molar-refractivity contribution in [1.29, 1.82) is 0 Å². The lowest BCUT2D eigenvalue weighted by molar-refractivity contribution is -0.143. The van der Waals surface area contributed by atoms with Gasteiger partial charge in [-0.2, -0.15) is 0 Å². The average Bonchev–Trinajstić information content (AvgIpc) is 3.51. The Morgan fingerprint density at radius 3 is 1.76 bits per heavy atom. The van der Waals surface area contributed by atoms with E-state index in [9.17, 15) is 58.8 Å². The van der Waals surface area contributed by atoms with Gasteiger partial charge in [0.05, 0.1) is 36.8 Å². The molecule has 49 heavy (non-hydrogen) atoms. The largest absolute Gasteiger partial charge is 0.481 e. The molecule has 0 aromatic heterocycles. The highest BCUT2D eigenvalue weighted by atomic mass is 16.4. The van der Waals surface area contributed by atoms with Gasteiger partial charge < -0.3 is 62.4 Å². The van der Waals surface area contributed by atoms with Crippen molar-refractivity contribution in [3.8, 4) is 0 Å². The number of hydrogen-bond acceptors (Lipinski definition) is 12. The second kappa shape index (κ2) is 20.3. The van der Waals surface area contributed by atoms with Crippen LogP contribution in [0.15, 0.2) is 0 Å². The van der Waals surface area contributed by atoms with E-state index in [2.05, 4.69) is 26.6 Å². The molecule has 0 aromatic rings. The number of carboxylic acid groups (broad SMARTS) is 1. The minimum Gasteiger partial charge on any atom is -0.481 e. The fourth-order valence-corrected chi connectivity index (χ4v) is 4.95. The third-order valence-corrected chi connectivity index (χ3v) is 7.88. The number of aliphatic hydroxyl groups excluding tert-OH is 3. The number of likely N-dealkylation sites (tertiary alicyclic amines) is 1. The number of nitrogens with zero attached hydrogens (tertiary/aromatic N) is 1. The molecule has 0 saturated carbocycles. The Kier molecular flexibility index (Phi) is 17.8. The molecule has 278 valence electrons. The highest BCUT2D eigenvalue weighted by Gasteiger charge is 2.39. The molecule has 0 unspecified atom stereocenters. The van der Waals surface area contributed by atoms with Crippen molar-refractivity contribution >= 4 is 47.7 Å². The van der Waals surface area contributed by atoms with E-state index in [1.165, 1.54) is 18.7 Å².